The molecule has 3 amide bonds. The van der Waals surface area contributed by atoms with Crippen LogP contribution in [0.1, 0.15) is 46.7 Å². The minimum absolute atomic E-state index is 0.0309. The summed E-state index contributed by atoms with van der Waals surface area (Å²) in [6.07, 6.45) is 1.98. The molecule has 0 unspecified atom stereocenters. The standard InChI is InChI=1S/C28H31F2N5O4S.C8H7NO/c1-5-35(6-2)12-11-32-28(37)25-16(3)33-24(26(25)19-9-7-17(29)13-22(19)30)15-21-20-14-18(40(38,39)31-4)8-10-23(20)34-27(21)36;10-8-5-6-3-1-2-4-7(6)9-8/h7-10,13-15,31,33H,5-6,11-12H2,1-4H3,(H,32,37)(H,34,36);1-4H,5H2,(H,9,10)/b21-15-;. The lowest BCUT2D eigenvalue weighted by Gasteiger charge is -2.18. The molecule has 4 aromatic rings. The van der Waals surface area contributed by atoms with Crippen LogP contribution in [0.2, 0.25) is 0 Å². The van der Waals surface area contributed by atoms with Crippen LogP contribution >= 0.6 is 0 Å². The molecule has 1 aromatic heterocycles. The van der Waals surface area contributed by atoms with Gasteiger partial charge in [-0.15, -0.1) is 0 Å². The van der Waals surface area contributed by atoms with Crippen LogP contribution in [0.4, 0.5) is 20.2 Å². The van der Waals surface area contributed by atoms with Gasteiger partial charge >= 0.3 is 0 Å². The van der Waals surface area contributed by atoms with E-state index in [1.807, 2.05) is 38.1 Å². The lowest BCUT2D eigenvalue weighted by molar-refractivity contribution is -0.115. The summed E-state index contributed by atoms with van der Waals surface area (Å²) in [5.74, 6) is -2.52. The number of amides is 3. The van der Waals surface area contributed by atoms with Gasteiger partial charge in [0, 0.05) is 58.6 Å². The largest absolute Gasteiger partial charge is 0.358 e. The van der Waals surface area contributed by atoms with Gasteiger partial charge in [-0.1, -0.05) is 32.0 Å². The highest BCUT2D eigenvalue weighted by Gasteiger charge is 2.29. The van der Waals surface area contributed by atoms with E-state index in [1.54, 1.807) is 6.92 Å². The summed E-state index contributed by atoms with van der Waals surface area (Å²) in [5.41, 5.74) is 3.83. The van der Waals surface area contributed by atoms with Crippen molar-refractivity contribution in [1.29, 1.82) is 0 Å². The highest BCUT2D eigenvalue weighted by Crippen LogP contribution is 2.39. The number of benzene rings is 3. The van der Waals surface area contributed by atoms with Crippen molar-refractivity contribution < 1.29 is 31.6 Å². The number of aromatic nitrogens is 1. The third-order valence-corrected chi connectivity index (χ3v) is 9.95. The number of carbonyl (C=O) groups is 3. The van der Waals surface area contributed by atoms with E-state index in [0.717, 1.165) is 36.5 Å². The summed E-state index contributed by atoms with van der Waals surface area (Å²) >= 11 is 0. The van der Waals surface area contributed by atoms with Crippen molar-refractivity contribution in [2.24, 2.45) is 0 Å². The van der Waals surface area contributed by atoms with Gasteiger partial charge in [0.15, 0.2) is 0 Å². The second kappa shape index (κ2) is 15.2. The van der Waals surface area contributed by atoms with E-state index in [4.69, 9.17) is 0 Å². The van der Waals surface area contributed by atoms with Crippen molar-refractivity contribution in [3.05, 3.63) is 100 Å². The molecule has 5 N–H and O–H groups in total. The van der Waals surface area contributed by atoms with Crippen molar-refractivity contribution in [3.8, 4) is 11.1 Å². The van der Waals surface area contributed by atoms with Crippen LogP contribution < -0.4 is 20.7 Å². The zero-order chi connectivity index (χ0) is 36.2. The number of hydrogen-bond donors (Lipinski definition) is 5. The molecule has 2 aliphatic heterocycles. The van der Waals surface area contributed by atoms with Crippen LogP contribution in [0.5, 0.6) is 0 Å². The molecule has 14 heteroatoms. The summed E-state index contributed by atoms with van der Waals surface area (Å²) in [6, 6.07) is 15.0. The monoisotopic (exact) mass is 704 g/mol. The van der Waals surface area contributed by atoms with Gasteiger partial charge < -0.3 is 25.8 Å². The Kier molecular flexibility index (Phi) is 10.9. The number of rotatable bonds is 10. The fourth-order valence-electron chi connectivity index (χ4n) is 5.87. The van der Waals surface area contributed by atoms with E-state index in [1.165, 1.54) is 37.4 Å². The van der Waals surface area contributed by atoms with Gasteiger partial charge in [-0.05, 0) is 75.1 Å². The normalized spacial score (nSPS) is 14.2. The maximum atomic E-state index is 15.1. The molecule has 3 heterocycles. The molecule has 50 heavy (non-hydrogen) atoms. The lowest BCUT2D eigenvalue weighted by atomic mass is 9.97. The first-order chi connectivity index (χ1) is 23.9. The smallest absolute Gasteiger partial charge is 0.256 e. The van der Waals surface area contributed by atoms with Gasteiger partial charge in [0.1, 0.15) is 11.6 Å². The predicted molar refractivity (Wildman–Crippen MR) is 189 cm³/mol. The number of H-pyrrole nitrogens is 1. The molecule has 11 nitrogen and oxygen atoms in total. The maximum Gasteiger partial charge on any atom is 0.256 e. The van der Waals surface area contributed by atoms with E-state index in [-0.39, 0.29) is 38.8 Å². The predicted octanol–water partition coefficient (Wildman–Crippen LogP) is 4.92. The van der Waals surface area contributed by atoms with Crippen LogP contribution in [0, 0.1) is 18.6 Å². The molecule has 0 spiro atoms. The number of aryl methyl sites for hydroxylation is 1. The molecule has 0 saturated carbocycles. The number of para-hydroxylation sites is 1. The average Bonchev–Trinajstić information content (AvgIpc) is 3.74. The number of sulfonamides is 1. The van der Waals surface area contributed by atoms with Crippen LogP contribution in [-0.2, 0) is 26.0 Å². The Labute approximate surface area is 289 Å². The molecular formula is C36H38F2N6O5S. The Morgan fingerprint density at radius 1 is 0.960 bits per heavy atom. The molecule has 262 valence electrons. The molecule has 0 atom stereocenters. The Morgan fingerprint density at radius 3 is 2.38 bits per heavy atom. The van der Waals surface area contributed by atoms with Crippen LogP contribution in [0.25, 0.3) is 22.8 Å². The van der Waals surface area contributed by atoms with Gasteiger partial charge in [-0.25, -0.2) is 21.9 Å². The molecule has 0 bridgehead atoms. The molecule has 2 aliphatic rings. The van der Waals surface area contributed by atoms with Gasteiger partial charge in [-0.2, -0.15) is 0 Å². The van der Waals surface area contributed by atoms with Crippen molar-refractivity contribution in [2.45, 2.75) is 32.1 Å². The quantitative estimate of drug-likeness (QED) is 0.148. The number of fused-ring (bicyclic) bond motifs is 2. The number of nitrogens with one attached hydrogen (secondary N) is 5. The fourth-order valence-corrected chi connectivity index (χ4v) is 6.63. The fraction of sp³-hybridized carbons (Fsp3) is 0.250. The Bertz CT molecular complexity index is 2080. The molecule has 0 saturated heterocycles. The van der Waals surface area contributed by atoms with E-state index < -0.39 is 33.5 Å². The second-order valence-electron chi connectivity index (χ2n) is 11.6. The van der Waals surface area contributed by atoms with Gasteiger partial charge in [0.25, 0.3) is 11.8 Å². The first-order valence-corrected chi connectivity index (χ1v) is 17.5. The zero-order valence-electron chi connectivity index (χ0n) is 28.0. The maximum absolute atomic E-state index is 15.1. The number of halogens is 2. The second-order valence-corrected chi connectivity index (χ2v) is 13.5. The van der Waals surface area contributed by atoms with Crippen molar-refractivity contribution in [2.75, 3.05) is 43.9 Å². The lowest BCUT2D eigenvalue weighted by Crippen LogP contribution is -2.35. The minimum Gasteiger partial charge on any atom is -0.358 e. The van der Waals surface area contributed by atoms with Crippen LogP contribution in [0.3, 0.4) is 0 Å². The first kappa shape index (κ1) is 36.1. The van der Waals surface area contributed by atoms with Gasteiger partial charge in [0.05, 0.1) is 22.5 Å². The van der Waals surface area contributed by atoms with Gasteiger partial charge in [-0.3, -0.25) is 14.4 Å². The Balaban J connectivity index is 0.000000412. The highest BCUT2D eigenvalue weighted by atomic mass is 32.2. The first-order valence-electron chi connectivity index (χ1n) is 16.0. The molecule has 0 aliphatic carbocycles. The van der Waals surface area contributed by atoms with E-state index in [2.05, 4.69) is 30.6 Å². The summed E-state index contributed by atoms with van der Waals surface area (Å²) in [6.45, 7) is 8.29. The average molecular weight is 705 g/mol. The van der Waals surface area contributed by atoms with E-state index >= 15 is 4.39 Å². The van der Waals surface area contributed by atoms with Crippen LogP contribution in [0.15, 0.2) is 65.6 Å². The Morgan fingerprint density at radius 2 is 1.70 bits per heavy atom. The van der Waals surface area contributed by atoms with Crippen molar-refractivity contribution >= 4 is 50.8 Å². The number of anilines is 2. The third kappa shape index (κ3) is 7.67. The van der Waals surface area contributed by atoms with E-state index in [0.29, 0.717) is 36.5 Å². The number of likely N-dealkylation sites (N-methyl/N-ethyl adjacent to an activating group) is 1. The topological polar surface area (TPSA) is 152 Å². The highest BCUT2D eigenvalue weighted by molar-refractivity contribution is 7.89. The summed E-state index contributed by atoms with van der Waals surface area (Å²) in [7, 11) is -2.51. The number of hydrogen-bond acceptors (Lipinski definition) is 6. The number of carbonyl (C=O) groups excluding carboxylic acids is 3. The SMILES string of the molecule is CCN(CC)CCNC(=O)c1c(C)[nH]c(/C=C2\C(=O)Nc3ccc(S(=O)(=O)NC)cc32)c1-c1ccc(F)cc1F.O=C1Cc2ccccc2N1. The van der Waals surface area contributed by atoms with Crippen molar-refractivity contribution in [3.63, 3.8) is 0 Å². The number of nitrogens with zero attached hydrogens (tertiary/aromatic N) is 1. The number of aromatic amines is 1. The summed E-state index contributed by atoms with van der Waals surface area (Å²) in [5, 5.41) is 8.32. The van der Waals surface area contributed by atoms with E-state index in [9.17, 15) is 27.2 Å². The molecular weight excluding hydrogens is 666 g/mol. The molecule has 3 aromatic carbocycles. The zero-order valence-corrected chi connectivity index (χ0v) is 28.9. The van der Waals surface area contributed by atoms with Crippen molar-refractivity contribution in [1.82, 2.24) is 19.9 Å². The summed E-state index contributed by atoms with van der Waals surface area (Å²) in [4.78, 5) is 42.3. The minimum atomic E-state index is -3.79. The molecule has 0 radical (unpaired) electrons. The van der Waals surface area contributed by atoms with Gasteiger partial charge in [0.2, 0.25) is 15.9 Å². The molecule has 0 fully saturated rings. The Hall–Kier alpha value is -5.18. The van der Waals surface area contributed by atoms with Crippen LogP contribution in [-0.4, -0.2) is 69.2 Å². The third-order valence-electron chi connectivity index (χ3n) is 8.54. The molecule has 6 rings (SSSR count). The summed E-state index contributed by atoms with van der Waals surface area (Å²) < 4.78 is 55.9.